The van der Waals surface area contributed by atoms with Crippen LogP contribution >= 0.6 is 11.3 Å². The Morgan fingerprint density at radius 1 is 1.14 bits per heavy atom. The Bertz CT molecular complexity index is 737. The summed E-state index contributed by atoms with van der Waals surface area (Å²) in [4.78, 5) is 8.83. The molecule has 4 nitrogen and oxygen atoms in total. The van der Waals surface area contributed by atoms with Gasteiger partial charge in [-0.15, -0.1) is 0 Å². The van der Waals surface area contributed by atoms with Crippen LogP contribution in [0, 0.1) is 6.92 Å². The molecule has 0 bridgehead atoms. The number of anilines is 2. The second-order valence-electron chi connectivity index (χ2n) is 4.80. The van der Waals surface area contributed by atoms with E-state index in [0.717, 1.165) is 17.9 Å². The van der Waals surface area contributed by atoms with Gasteiger partial charge in [-0.1, -0.05) is 30.3 Å². The molecule has 5 heteroatoms. The minimum atomic E-state index is 0.466. The molecule has 0 radical (unpaired) electrons. The maximum Gasteiger partial charge on any atom is 0.163 e. The van der Waals surface area contributed by atoms with E-state index in [-0.39, 0.29) is 0 Å². The van der Waals surface area contributed by atoms with Crippen molar-refractivity contribution in [3.05, 3.63) is 58.3 Å². The van der Waals surface area contributed by atoms with Gasteiger partial charge < -0.3 is 11.1 Å². The summed E-state index contributed by atoms with van der Waals surface area (Å²) in [5.74, 6) is 1.85. The second kappa shape index (κ2) is 5.93. The fourth-order valence-corrected chi connectivity index (χ4v) is 2.88. The molecule has 1 aromatic carbocycles. The average Bonchev–Trinajstić information content (AvgIpc) is 2.91. The van der Waals surface area contributed by atoms with E-state index in [2.05, 4.69) is 33.0 Å². The number of rotatable bonds is 4. The smallest absolute Gasteiger partial charge is 0.163 e. The van der Waals surface area contributed by atoms with Crippen molar-refractivity contribution in [1.29, 1.82) is 0 Å². The quantitative estimate of drug-likeness (QED) is 0.770. The van der Waals surface area contributed by atoms with Gasteiger partial charge in [-0.25, -0.2) is 9.97 Å². The molecule has 3 aromatic rings. The minimum Gasteiger partial charge on any atom is -0.384 e. The number of thiophene rings is 1. The first-order valence-corrected chi connectivity index (χ1v) is 7.62. The lowest BCUT2D eigenvalue weighted by Gasteiger charge is -2.08. The summed E-state index contributed by atoms with van der Waals surface area (Å²) < 4.78 is 0. The zero-order chi connectivity index (χ0) is 14.7. The fraction of sp³-hybridized carbons (Fsp3) is 0.125. The molecule has 21 heavy (non-hydrogen) atoms. The van der Waals surface area contributed by atoms with E-state index in [4.69, 9.17) is 5.73 Å². The Labute approximate surface area is 127 Å². The standard InChI is InChI=1S/C16H16N4S/c1-11-9-21-10-13(11)8-18-15-7-14(17)19-16(20-15)12-5-3-2-4-6-12/h2-7,9-10H,8H2,1H3,(H3,17,18,19,20). The summed E-state index contributed by atoms with van der Waals surface area (Å²) in [7, 11) is 0. The Kier molecular flexibility index (Phi) is 3.83. The molecular weight excluding hydrogens is 280 g/mol. The third-order valence-corrected chi connectivity index (χ3v) is 4.11. The molecule has 3 rings (SSSR count). The molecule has 0 fully saturated rings. The summed E-state index contributed by atoms with van der Waals surface area (Å²) >= 11 is 1.71. The van der Waals surface area contributed by atoms with Crippen LogP contribution < -0.4 is 11.1 Å². The number of nitrogen functional groups attached to an aromatic ring is 1. The Morgan fingerprint density at radius 3 is 2.67 bits per heavy atom. The highest BCUT2D eigenvalue weighted by molar-refractivity contribution is 7.08. The van der Waals surface area contributed by atoms with Crippen LogP contribution in [0.5, 0.6) is 0 Å². The molecule has 0 spiro atoms. The third kappa shape index (κ3) is 3.20. The fourth-order valence-electron chi connectivity index (χ4n) is 2.03. The summed E-state index contributed by atoms with van der Waals surface area (Å²) in [6.45, 7) is 2.84. The van der Waals surface area contributed by atoms with Crippen LogP contribution in [-0.4, -0.2) is 9.97 Å². The molecule has 0 saturated carbocycles. The normalized spacial score (nSPS) is 10.5. The average molecular weight is 296 g/mol. The molecule has 0 aliphatic carbocycles. The van der Waals surface area contributed by atoms with Gasteiger partial charge in [-0.3, -0.25) is 0 Å². The van der Waals surface area contributed by atoms with Crippen LogP contribution in [0.15, 0.2) is 47.2 Å². The predicted octanol–water partition coefficient (Wildman–Crippen LogP) is 3.71. The monoisotopic (exact) mass is 296 g/mol. The van der Waals surface area contributed by atoms with Crippen LogP contribution in [0.1, 0.15) is 11.1 Å². The summed E-state index contributed by atoms with van der Waals surface area (Å²) in [6, 6.07) is 11.6. The predicted molar refractivity (Wildman–Crippen MR) is 88.3 cm³/mol. The minimum absolute atomic E-state index is 0.466. The highest BCUT2D eigenvalue weighted by Gasteiger charge is 2.06. The first-order chi connectivity index (χ1) is 10.2. The number of hydrogen-bond acceptors (Lipinski definition) is 5. The van der Waals surface area contributed by atoms with E-state index in [9.17, 15) is 0 Å². The van der Waals surface area contributed by atoms with E-state index < -0.39 is 0 Å². The number of nitrogens with one attached hydrogen (secondary N) is 1. The highest BCUT2D eigenvalue weighted by atomic mass is 32.1. The van der Waals surface area contributed by atoms with E-state index in [1.165, 1.54) is 11.1 Å². The van der Waals surface area contributed by atoms with Gasteiger partial charge in [0, 0.05) is 18.2 Å². The molecule has 0 aliphatic rings. The topological polar surface area (TPSA) is 63.8 Å². The molecule has 106 valence electrons. The van der Waals surface area contributed by atoms with Crippen LogP contribution in [0.4, 0.5) is 11.6 Å². The lowest BCUT2D eigenvalue weighted by molar-refractivity contribution is 1.08. The van der Waals surface area contributed by atoms with E-state index in [1.807, 2.05) is 30.3 Å². The maximum absolute atomic E-state index is 5.89. The number of nitrogens with zero attached hydrogens (tertiary/aromatic N) is 2. The van der Waals surface area contributed by atoms with Crippen molar-refractivity contribution < 1.29 is 0 Å². The van der Waals surface area contributed by atoms with Gasteiger partial charge in [-0.05, 0) is 28.8 Å². The van der Waals surface area contributed by atoms with Crippen molar-refractivity contribution >= 4 is 23.0 Å². The third-order valence-electron chi connectivity index (χ3n) is 3.20. The summed E-state index contributed by atoms with van der Waals surface area (Å²) in [5.41, 5.74) is 9.41. The number of hydrogen-bond donors (Lipinski definition) is 2. The SMILES string of the molecule is Cc1cscc1CNc1cc(N)nc(-c2ccccc2)n1. The van der Waals surface area contributed by atoms with E-state index in [1.54, 1.807) is 17.4 Å². The van der Waals surface area contributed by atoms with Crippen LogP contribution in [0.2, 0.25) is 0 Å². The highest BCUT2D eigenvalue weighted by Crippen LogP contribution is 2.20. The molecular formula is C16H16N4S. The Morgan fingerprint density at radius 2 is 1.95 bits per heavy atom. The van der Waals surface area contributed by atoms with Gasteiger partial charge in [0.15, 0.2) is 5.82 Å². The van der Waals surface area contributed by atoms with Crippen molar-refractivity contribution in [2.45, 2.75) is 13.5 Å². The molecule has 2 aromatic heterocycles. The molecule has 0 atom stereocenters. The Balaban J connectivity index is 1.83. The number of aryl methyl sites for hydroxylation is 1. The van der Waals surface area contributed by atoms with E-state index in [0.29, 0.717) is 11.6 Å². The van der Waals surface area contributed by atoms with Crippen molar-refractivity contribution in [2.24, 2.45) is 0 Å². The largest absolute Gasteiger partial charge is 0.384 e. The summed E-state index contributed by atoms with van der Waals surface area (Å²) in [6.07, 6.45) is 0. The number of aromatic nitrogens is 2. The van der Waals surface area contributed by atoms with Gasteiger partial charge >= 0.3 is 0 Å². The number of benzene rings is 1. The van der Waals surface area contributed by atoms with Crippen molar-refractivity contribution in [3.8, 4) is 11.4 Å². The van der Waals surface area contributed by atoms with Crippen molar-refractivity contribution in [1.82, 2.24) is 9.97 Å². The zero-order valence-corrected chi connectivity index (χ0v) is 12.5. The Hall–Kier alpha value is -2.40. The molecule has 0 amide bonds. The van der Waals surface area contributed by atoms with E-state index >= 15 is 0 Å². The lowest BCUT2D eigenvalue weighted by atomic mass is 10.2. The number of nitrogens with two attached hydrogens (primary N) is 1. The molecule has 0 aliphatic heterocycles. The zero-order valence-electron chi connectivity index (χ0n) is 11.7. The first-order valence-electron chi connectivity index (χ1n) is 6.68. The van der Waals surface area contributed by atoms with Gasteiger partial charge in [0.2, 0.25) is 0 Å². The summed E-state index contributed by atoms with van der Waals surface area (Å²) in [5, 5.41) is 7.60. The maximum atomic E-state index is 5.89. The van der Waals surface area contributed by atoms with Crippen LogP contribution in [0.25, 0.3) is 11.4 Å². The van der Waals surface area contributed by atoms with Gasteiger partial charge in [0.05, 0.1) is 0 Å². The van der Waals surface area contributed by atoms with Crippen molar-refractivity contribution in [3.63, 3.8) is 0 Å². The molecule has 2 heterocycles. The first kappa shape index (κ1) is 13.6. The lowest BCUT2D eigenvalue weighted by Crippen LogP contribution is -2.05. The van der Waals surface area contributed by atoms with Crippen molar-refractivity contribution in [2.75, 3.05) is 11.1 Å². The van der Waals surface area contributed by atoms with Gasteiger partial charge in [-0.2, -0.15) is 11.3 Å². The molecule has 3 N–H and O–H groups in total. The van der Waals surface area contributed by atoms with Crippen LogP contribution in [0.3, 0.4) is 0 Å². The second-order valence-corrected chi connectivity index (χ2v) is 5.54. The van der Waals surface area contributed by atoms with Gasteiger partial charge in [0.1, 0.15) is 11.6 Å². The molecule has 0 saturated heterocycles. The molecule has 0 unspecified atom stereocenters. The van der Waals surface area contributed by atoms with Gasteiger partial charge in [0.25, 0.3) is 0 Å². The van der Waals surface area contributed by atoms with Crippen LogP contribution in [-0.2, 0) is 6.54 Å².